The summed E-state index contributed by atoms with van der Waals surface area (Å²) in [5.41, 5.74) is 6.58. The van der Waals surface area contributed by atoms with Crippen molar-refractivity contribution in [3.8, 4) is 5.75 Å². The van der Waals surface area contributed by atoms with Crippen LogP contribution < -0.4 is 20.9 Å². The third kappa shape index (κ3) is 7.66. The van der Waals surface area contributed by atoms with E-state index >= 15 is 0 Å². The van der Waals surface area contributed by atoms with Crippen LogP contribution in [0.2, 0.25) is 5.02 Å². The lowest BCUT2D eigenvalue weighted by molar-refractivity contribution is -0.124. The average molecular weight is 466 g/mol. The number of benzene rings is 3. The molecule has 170 valence electrons. The molecule has 0 saturated carbocycles. The molecular formula is C25H24ClN3O4. The predicted octanol–water partition coefficient (Wildman–Crippen LogP) is 4.14. The van der Waals surface area contributed by atoms with Gasteiger partial charge in [0.15, 0.2) is 0 Å². The molecule has 0 atom stereocenters. The van der Waals surface area contributed by atoms with Crippen molar-refractivity contribution < 1.29 is 19.1 Å². The van der Waals surface area contributed by atoms with E-state index in [2.05, 4.69) is 16.2 Å². The van der Waals surface area contributed by atoms with E-state index in [4.69, 9.17) is 16.3 Å². The monoisotopic (exact) mass is 465 g/mol. The van der Waals surface area contributed by atoms with Crippen LogP contribution in [0, 0.1) is 0 Å². The van der Waals surface area contributed by atoms with Crippen LogP contribution in [0.15, 0.2) is 78.9 Å². The number of nitrogens with one attached hydrogen (secondary N) is 3. The zero-order chi connectivity index (χ0) is 23.5. The molecule has 3 amide bonds. The number of hydrogen-bond acceptors (Lipinski definition) is 4. The Hall–Kier alpha value is -3.84. The molecule has 0 aliphatic heterocycles. The number of rotatable bonds is 9. The maximum absolute atomic E-state index is 12.5. The number of halogens is 1. The second kappa shape index (κ2) is 12.3. The van der Waals surface area contributed by atoms with E-state index < -0.39 is 11.8 Å². The van der Waals surface area contributed by atoms with Crippen molar-refractivity contribution in [3.63, 3.8) is 0 Å². The Kier molecular flexibility index (Phi) is 8.85. The van der Waals surface area contributed by atoms with E-state index in [1.807, 2.05) is 30.3 Å². The summed E-state index contributed by atoms with van der Waals surface area (Å²) in [6, 6.07) is 23.5. The molecule has 0 aliphatic rings. The van der Waals surface area contributed by atoms with Gasteiger partial charge in [-0.1, -0.05) is 66.2 Å². The topological polar surface area (TPSA) is 96.5 Å². The van der Waals surface area contributed by atoms with Gasteiger partial charge in [-0.2, -0.15) is 0 Å². The van der Waals surface area contributed by atoms with Crippen molar-refractivity contribution in [3.05, 3.63) is 95.0 Å². The number of amides is 3. The first-order valence-electron chi connectivity index (χ1n) is 10.4. The van der Waals surface area contributed by atoms with Gasteiger partial charge in [-0.05, 0) is 29.8 Å². The summed E-state index contributed by atoms with van der Waals surface area (Å²) in [4.78, 5) is 36.6. The fourth-order valence-corrected chi connectivity index (χ4v) is 3.15. The molecule has 33 heavy (non-hydrogen) atoms. The molecule has 0 bridgehead atoms. The predicted molar refractivity (Wildman–Crippen MR) is 127 cm³/mol. The third-order valence-corrected chi connectivity index (χ3v) is 4.99. The second-order valence-corrected chi connectivity index (χ2v) is 7.52. The number of carbonyl (C=O) groups is 3. The summed E-state index contributed by atoms with van der Waals surface area (Å²) in [5, 5.41) is 3.05. The number of para-hydroxylation sites is 2. The summed E-state index contributed by atoms with van der Waals surface area (Å²) in [7, 11) is 0. The van der Waals surface area contributed by atoms with E-state index in [-0.39, 0.29) is 18.7 Å². The first-order chi connectivity index (χ1) is 16.0. The molecule has 0 spiro atoms. The van der Waals surface area contributed by atoms with Gasteiger partial charge in [-0.3, -0.25) is 25.2 Å². The fraction of sp³-hybridized carbons (Fsp3) is 0.160. The quantitative estimate of drug-likeness (QED) is 0.414. The maximum Gasteiger partial charge on any atom is 0.273 e. The lowest BCUT2D eigenvalue weighted by Crippen LogP contribution is -2.42. The standard InChI is InChI=1S/C25H24ClN3O4/c26-20-11-5-6-12-21(20)27-23(30)14-15-24(31)28-29-25(32)19-10-4-7-13-22(19)33-17-16-18-8-2-1-3-9-18/h1-13H,14-17H2,(H,27,30)(H,28,31)(H,29,32). The highest BCUT2D eigenvalue weighted by Crippen LogP contribution is 2.20. The van der Waals surface area contributed by atoms with Crippen LogP contribution >= 0.6 is 11.6 Å². The molecule has 3 aromatic carbocycles. The third-order valence-electron chi connectivity index (χ3n) is 4.67. The Bertz CT molecular complexity index is 1110. The fourth-order valence-electron chi connectivity index (χ4n) is 2.96. The Balaban J connectivity index is 1.43. The molecule has 3 rings (SSSR count). The van der Waals surface area contributed by atoms with Crippen molar-refractivity contribution in [1.29, 1.82) is 0 Å². The number of hydrazine groups is 1. The molecule has 0 fully saturated rings. The van der Waals surface area contributed by atoms with Gasteiger partial charge in [0.25, 0.3) is 5.91 Å². The highest BCUT2D eigenvalue weighted by atomic mass is 35.5. The van der Waals surface area contributed by atoms with E-state index in [1.165, 1.54) is 0 Å². The van der Waals surface area contributed by atoms with Crippen molar-refractivity contribution in [2.24, 2.45) is 0 Å². The van der Waals surface area contributed by atoms with Crippen molar-refractivity contribution in [1.82, 2.24) is 10.9 Å². The van der Waals surface area contributed by atoms with E-state index in [0.717, 1.165) is 5.56 Å². The summed E-state index contributed by atoms with van der Waals surface area (Å²) in [5.74, 6) is -0.958. The molecule has 0 radical (unpaired) electrons. The van der Waals surface area contributed by atoms with Gasteiger partial charge in [-0.15, -0.1) is 0 Å². The number of anilines is 1. The smallest absolute Gasteiger partial charge is 0.273 e. The Morgan fingerprint density at radius 2 is 1.42 bits per heavy atom. The van der Waals surface area contributed by atoms with Gasteiger partial charge in [0, 0.05) is 19.3 Å². The zero-order valence-corrected chi connectivity index (χ0v) is 18.6. The molecule has 0 heterocycles. The van der Waals surface area contributed by atoms with Crippen LogP contribution in [-0.4, -0.2) is 24.3 Å². The molecular weight excluding hydrogens is 442 g/mol. The lowest BCUT2D eigenvalue weighted by Gasteiger charge is -2.12. The average Bonchev–Trinajstić information content (AvgIpc) is 2.83. The van der Waals surface area contributed by atoms with Crippen LogP contribution in [0.1, 0.15) is 28.8 Å². The number of carbonyl (C=O) groups excluding carboxylic acids is 3. The van der Waals surface area contributed by atoms with Gasteiger partial charge in [-0.25, -0.2) is 0 Å². The first-order valence-corrected chi connectivity index (χ1v) is 10.8. The molecule has 7 nitrogen and oxygen atoms in total. The maximum atomic E-state index is 12.5. The highest BCUT2D eigenvalue weighted by molar-refractivity contribution is 6.33. The molecule has 0 unspecified atom stereocenters. The molecule has 0 aliphatic carbocycles. The zero-order valence-electron chi connectivity index (χ0n) is 17.8. The minimum atomic E-state index is -0.515. The van der Waals surface area contributed by atoms with Crippen LogP contribution in [0.25, 0.3) is 0 Å². The van der Waals surface area contributed by atoms with Crippen LogP contribution in [0.3, 0.4) is 0 Å². The molecule has 3 N–H and O–H groups in total. The summed E-state index contributed by atoms with van der Waals surface area (Å²) in [6.07, 6.45) is 0.529. The molecule has 3 aromatic rings. The normalized spacial score (nSPS) is 10.2. The van der Waals surface area contributed by atoms with Gasteiger partial charge in [0.2, 0.25) is 11.8 Å². The Morgan fingerprint density at radius 1 is 0.758 bits per heavy atom. The summed E-state index contributed by atoms with van der Waals surface area (Å²) < 4.78 is 5.78. The Morgan fingerprint density at radius 3 is 2.21 bits per heavy atom. The molecule has 0 aromatic heterocycles. The van der Waals surface area contributed by atoms with Crippen molar-refractivity contribution in [2.75, 3.05) is 11.9 Å². The highest BCUT2D eigenvalue weighted by Gasteiger charge is 2.14. The largest absolute Gasteiger partial charge is 0.492 e. The minimum Gasteiger partial charge on any atom is -0.492 e. The van der Waals surface area contributed by atoms with Crippen molar-refractivity contribution >= 4 is 35.0 Å². The van der Waals surface area contributed by atoms with E-state index in [0.29, 0.717) is 35.1 Å². The summed E-state index contributed by atoms with van der Waals surface area (Å²) >= 11 is 6.00. The molecule has 0 saturated heterocycles. The van der Waals surface area contributed by atoms with Gasteiger partial charge >= 0.3 is 0 Å². The van der Waals surface area contributed by atoms with Crippen molar-refractivity contribution in [2.45, 2.75) is 19.3 Å². The number of hydrogen-bond donors (Lipinski definition) is 3. The SMILES string of the molecule is O=C(CCC(=O)Nc1ccccc1Cl)NNC(=O)c1ccccc1OCCc1ccccc1. The van der Waals surface area contributed by atoms with Gasteiger partial charge in [0.1, 0.15) is 5.75 Å². The summed E-state index contributed by atoms with van der Waals surface area (Å²) in [6.45, 7) is 0.404. The van der Waals surface area contributed by atoms with Crippen LogP contribution in [0.4, 0.5) is 5.69 Å². The number of ether oxygens (including phenoxy) is 1. The van der Waals surface area contributed by atoms with Crippen LogP contribution in [0.5, 0.6) is 5.75 Å². The minimum absolute atomic E-state index is 0.0634. The van der Waals surface area contributed by atoms with Gasteiger partial charge in [0.05, 0.1) is 22.9 Å². The lowest BCUT2D eigenvalue weighted by atomic mass is 10.1. The van der Waals surface area contributed by atoms with Crippen LogP contribution in [-0.2, 0) is 16.0 Å². The van der Waals surface area contributed by atoms with E-state index in [1.54, 1.807) is 48.5 Å². The van der Waals surface area contributed by atoms with E-state index in [9.17, 15) is 14.4 Å². The first kappa shape index (κ1) is 23.8. The molecule has 8 heteroatoms. The van der Waals surface area contributed by atoms with Gasteiger partial charge < -0.3 is 10.1 Å². The second-order valence-electron chi connectivity index (χ2n) is 7.11. The Labute approximate surface area is 197 Å².